The molecule has 6 nitrogen and oxygen atoms in total. The maximum Gasteiger partial charge on any atom is 0.211 e. The fourth-order valence-electron chi connectivity index (χ4n) is 2.22. The zero-order valence-electron chi connectivity index (χ0n) is 12.3. The van der Waals surface area contributed by atoms with Crippen molar-refractivity contribution in [3.8, 4) is 0 Å². The van der Waals surface area contributed by atoms with E-state index in [1.165, 1.54) is 6.26 Å². The molecule has 1 aliphatic heterocycles. The molecule has 1 rings (SSSR count). The first kappa shape index (κ1) is 16.2. The highest BCUT2D eigenvalue weighted by atomic mass is 32.2. The van der Waals surface area contributed by atoms with Crippen molar-refractivity contribution < 1.29 is 8.42 Å². The number of nitrogens with two attached hydrogens (primary N) is 1. The van der Waals surface area contributed by atoms with Crippen molar-refractivity contribution in [2.75, 3.05) is 19.3 Å². The van der Waals surface area contributed by atoms with Gasteiger partial charge in [0.2, 0.25) is 10.0 Å². The quantitative estimate of drug-likeness (QED) is 0.585. The number of hydrogen-bond acceptors (Lipinski definition) is 3. The van der Waals surface area contributed by atoms with Gasteiger partial charge in [0.05, 0.1) is 12.8 Å². The fourth-order valence-corrected chi connectivity index (χ4v) is 3.39. The van der Waals surface area contributed by atoms with Gasteiger partial charge in [-0.15, -0.1) is 0 Å². The Labute approximate surface area is 116 Å². The maximum absolute atomic E-state index is 11.7. The summed E-state index contributed by atoms with van der Waals surface area (Å²) in [5.74, 6) is 0.367. The molecular weight excluding hydrogens is 264 g/mol. The molecule has 0 radical (unpaired) electrons. The van der Waals surface area contributed by atoms with Crippen molar-refractivity contribution in [2.24, 2.45) is 10.7 Å². The minimum atomic E-state index is -3.16. The second-order valence-electron chi connectivity index (χ2n) is 6.12. The van der Waals surface area contributed by atoms with Gasteiger partial charge in [-0.1, -0.05) is 6.42 Å². The average Bonchev–Trinajstić information content (AvgIpc) is 2.23. The number of nitrogens with zero attached hydrogens (tertiary/aromatic N) is 2. The highest BCUT2D eigenvalue weighted by Gasteiger charge is 2.29. The first-order chi connectivity index (χ1) is 8.59. The zero-order valence-corrected chi connectivity index (χ0v) is 13.1. The minimum absolute atomic E-state index is 0.0657. The van der Waals surface area contributed by atoms with E-state index in [4.69, 9.17) is 5.73 Å². The molecule has 0 aliphatic carbocycles. The van der Waals surface area contributed by atoms with Crippen LogP contribution in [0.1, 0.15) is 40.0 Å². The zero-order chi connectivity index (χ0) is 14.7. The molecule has 3 N–H and O–H groups in total. The van der Waals surface area contributed by atoms with E-state index in [9.17, 15) is 8.42 Å². The van der Waals surface area contributed by atoms with Gasteiger partial charge in [0.15, 0.2) is 5.96 Å². The van der Waals surface area contributed by atoms with Crippen LogP contribution in [0.5, 0.6) is 0 Å². The molecule has 112 valence electrons. The highest BCUT2D eigenvalue weighted by molar-refractivity contribution is 7.88. The van der Waals surface area contributed by atoms with Crippen molar-refractivity contribution in [3.63, 3.8) is 0 Å². The summed E-state index contributed by atoms with van der Waals surface area (Å²) >= 11 is 0. The van der Waals surface area contributed by atoms with Crippen LogP contribution in [0.25, 0.3) is 0 Å². The van der Waals surface area contributed by atoms with E-state index in [0.29, 0.717) is 19.0 Å². The van der Waals surface area contributed by atoms with Crippen molar-refractivity contribution in [2.45, 2.75) is 51.6 Å². The number of nitrogens with one attached hydrogen (secondary N) is 1. The molecule has 19 heavy (non-hydrogen) atoms. The van der Waals surface area contributed by atoms with Crippen LogP contribution in [0.4, 0.5) is 0 Å². The molecule has 1 atom stereocenters. The number of rotatable bonds is 3. The van der Waals surface area contributed by atoms with Crippen LogP contribution in [0.2, 0.25) is 0 Å². The van der Waals surface area contributed by atoms with E-state index in [0.717, 1.165) is 19.3 Å². The molecule has 0 bridgehead atoms. The summed E-state index contributed by atoms with van der Waals surface area (Å²) in [7, 11) is -3.16. The lowest BCUT2D eigenvalue weighted by Crippen LogP contribution is -2.47. The predicted octanol–water partition coefficient (Wildman–Crippen LogP) is 0.503. The summed E-state index contributed by atoms with van der Waals surface area (Å²) in [6.07, 6.45) is 4.06. The molecule has 0 aromatic carbocycles. The summed E-state index contributed by atoms with van der Waals surface area (Å²) < 4.78 is 24.9. The topological polar surface area (TPSA) is 87.8 Å². The summed E-state index contributed by atoms with van der Waals surface area (Å²) in [5.41, 5.74) is 5.66. The molecule has 1 fully saturated rings. The van der Waals surface area contributed by atoms with Crippen molar-refractivity contribution >= 4 is 16.0 Å². The van der Waals surface area contributed by atoms with E-state index in [1.807, 2.05) is 20.8 Å². The van der Waals surface area contributed by atoms with Gasteiger partial charge in [-0.2, -0.15) is 4.31 Å². The molecule has 1 heterocycles. The van der Waals surface area contributed by atoms with Crippen molar-refractivity contribution in [3.05, 3.63) is 0 Å². The lowest BCUT2D eigenvalue weighted by Gasteiger charge is -2.32. The Kier molecular flexibility index (Phi) is 5.20. The first-order valence-corrected chi connectivity index (χ1v) is 8.49. The number of hydrogen-bond donors (Lipinski definition) is 2. The Morgan fingerprint density at radius 1 is 1.42 bits per heavy atom. The van der Waals surface area contributed by atoms with Gasteiger partial charge < -0.3 is 11.1 Å². The van der Waals surface area contributed by atoms with Gasteiger partial charge >= 0.3 is 0 Å². The second-order valence-corrected chi connectivity index (χ2v) is 8.06. The third-order valence-corrected chi connectivity index (χ3v) is 4.31. The van der Waals surface area contributed by atoms with Crippen LogP contribution < -0.4 is 11.1 Å². The molecule has 1 aliphatic rings. The molecule has 7 heteroatoms. The summed E-state index contributed by atoms with van der Waals surface area (Å²) in [6.45, 7) is 7.00. The van der Waals surface area contributed by atoms with Crippen LogP contribution in [0.3, 0.4) is 0 Å². The van der Waals surface area contributed by atoms with Crippen LogP contribution in [-0.2, 0) is 10.0 Å². The van der Waals surface area contributed by atoms with Crippen LogP contribution >= 0.6 is 0 Å². The molecule has 0 spiro atoms. The minimum Gasteiger partial charge on any atom is -0.370 e. The molecule has 0 aromatic heterocycles. The molecule has 0 aromatic rings. The second kappa shape index (κ2) is 6.09. The SMILES string of the molecule is CC(C)(C)NC(N)=NCC1CCCCN1S(C)(=O)=O. The van der Waals surface area contributed by atoms with E-state index in [-0.39, 0.29) is 11.6 Å². The third kappa shape index (κ3) is 5.78. The Bertz CT molecular complexity index is 426. The molecule has 0 saturated carbocycles. The average molecular weight is 290 g/mol. The smallest absolute Gasteiger partial charge is 0.211 e. The van der Waals surface area contributed by atoms with E-state index >= 15 is 0 Å². The number of piperidine rings is 1. The lowest BCUT2D eigenvalue weighted by molar-refractivity contribution is 0.259. The monoisotopic (exact) mass is 290 g/mol. The van der Waals surface area contributed by atoms with Crippen molar-refractivity contribution in [1.29, 1.82) is 0 Å². The van der Waals surface area contributed by atoms with E-state index in [2.05, 4.69) is 10.3 Å². The van der Waals surface area contributed by atoms with Gasteiger partial charge in [-0.25, -0.2) is 8.42 Å². The molecular formula is C12H26N4O2S. The highest BCUT2D eigenvalue weighted by Crippen LogP contribution is 2.19. The standard InChI is InChI=1S/C12H26N4O2S/c1-12(2,3)15-11(13)14-9-10-7-5-6-8-16(10)19(4,17)18/h10H,5-9H2,1-4H3,(H3,13,14,15). The normalized spacial score (nSPS) is 23.4. The van der Waals surface area contributed by atoms with Gasteiger partial charge in [-0.3, -0.25) is 4.99 Å². The Balaban J connectivity index is 2.66. The van der Waals surface area contributed by atoms with Crippen LogP contribution in [0.15, 0.2) is 4.99 Å². The number of sulfonamides is 1. The van der Waals surface area contributed by atoms with Gasteiger partial charge in [0.25, 0.3) is 0 Å². The summed E-state index contributed by atoms with van der Waals surface area (Å²) in [4.78, 5) is 4.27. The summed E-state index contributed by atoms with van der Waals surface area (Å²) in [5, 5.41) is 3.07. The molecule has 1 unspecified atom stereocenters. The predicted molar refractivity (Wildman–Crippen MR) is 78.6 cm³/mol. The first-order valence-electron chi connectivity index (χ1n) is 6.64. The number of guanidine groups is 1. The van der Waals surface area contributed by atoms with Crippen LogP contribution in [0, 0.1) is 0 Å². The summed E-state index contributed by atoms with van der Waals surface area (Å²) in [6, 6.07) is -0.0657. The Hall–Kier alpha value is -0.820. The Morgan fingerprint density at radius 3 is 2.58 bits per heavy atom. The fraction of sp³-hybridized carbons (Fsp3) is 0.917. The van der Waals surface area contributed by atoms with Gasteiger partial charge in [-0.05, 0) is 33.6 Å². The van der Waals surface area contributed by atoms with Gasteiger partial charge in [0.1, 0.15) is 0 Å². The molecule has 1 saturated heterocycles. The third-order valence-electron chi connectivity index (χ3n) is 2.97. The lowest BCUT2D eigenvalue weighted by atomic mass is 10.1. The van der Waals surface area contributed by atoms with E-state index in [1.54, 1.807) is 4.31 Å². The number of aliphatic imine (C=N–C) groups is 1. The van der Waals surface area contributed by atoms with E-state index < -0.39 is 10.0 Å². The maximum atomic E-state index is 11.7. The largest absolute Gasteiger partial charge is 0.370 e. The van der Waals surface area contributed by atoms with Crippen molar-refractivity contribution in [1.82, 2.24) is 9.62 Å². The Morgan fingerprint density at radius 2 is 2.05 bits per heavy atom. The van der Waals surface area contributed by atoms with Crippen LogP contribution in [-0.4, -0.2) is 49.6 Å². The molecule has 0 amide bonds. The van der Waals surface area contributed by atoms with Gasteiger partial charge in [0, 0.05) is 18.1 Å².